The second-order valence-corrected chi connectivity index (χ2v) is 5.67. The average molecular weight is 262 g/mol. The van der Waals surface area contributed by atoms with E-state index < -0.39 is 0 Å². The summed E-state index contributed by atoms with van der Waals surface area (Å²) in [4.78, 5) is 4.21. The van der Waals surface area contributed by atoms with Crippen molar-refractivity contribution in [3.8, 4) is 5.75 Å². The quantitative estimate of drug-likeness (QED) is 0.854. The van der Waals surface area contributed by atoms with Crippen molar-refractivity contribution >= 4 is 0 Å². The van der Waals surface area contributed by atoms with E-state index in [0.717, 1.165) is 18.7 Å². The molecule has 0 bridgehead atoms. The number of hydrogen-bond donors (Lipinski definition) is 2. The van der Waals surface area contributed by atoms with E-state index in [1.807, 2.05) is 0 Å². The zero-order valence-corrected chi connectivity index (χ0v) is 11.4. The lowest BCUT2D eigenvalue weighted by molar-refractivity contribution is -0.173. The van der Waals surface area contributed by atoms with Gasteiger partial charge in [-0.25, -0.2) is 0 Å². The van der Waals surface area contributed by atoms with Crippen molar-refractivity contribution in [2.45, 2.75) is 51.3 Å². The van der Waals surface area contributed by atoms with E-state index in [4.69, 9.17) is 4.74 Å². The van der Waals surface area contributed by atoms with Crippen LogP contribution in [0.2, 0.25) is 0 Å². The summed E-state index contributed by atoms with van der Waals surface area (Å²) in [7, 11) is 0. The summed E-state index contributed by atoms with van der Waals surface area (Å²) in [6.45, 7) is 3.51. The molecule has 0 aliphatic heterocycles. The van der Waals surface area contributed by atoms with Crippen LogP contribution in [0, 0.1) is 5.41 Å². The van der Waals surface area contributed by atoms with Crippen molar-refractivity contribution in [2.24, 2.45) is 5.41 Å². The maximum absolute atomic E-state index is 9.72. The first-order valence-corrected chi connectivity index (χ1v) is 7.24. The van der Waals surface area contributed by atoms with E-state index >= 15 is 0 Å². The van der Waals surface area contributed by atoms with E-state index in [0.29, 0.717) is 24.1 Å². The highest BCUT2D eigenvalue weighted by molar-refractivity contribution is 5.25. The number of rotatable bonds is 5. The minimum atomic E-state index is 0.276. The van der Waals surface area contributed by atoms with E-state index in [1.54, 1.807) is 18.3 Å². The molecule has 104 valence electrons. The van der Waals surface area contributed by atoms with Crippen LogP contribution in [0.4, 0.5) is 0 Å². The highest BCUT2D eigenvalue weighted by Gasteiger charge is 2.58. The Morgan fingerprint density at radius 3 is 3.00 bits per heavy atom. The van der Waals surface area contributed by atoms with Gasteiger partial charge in [-0.1, -0.05) is 6.42 Å². The molecule has 3 rings (SSSR count). The molecule has 0 amide bonds. The van der Waals surface area contributed by atoms with Gasteiger partial charge in [0.25, 0.3) is 0 Å². The van der Waals surface area contributed by atoms with Gasteiger partial charge in [0.2, 0.25) is 0 Å². The molecule has 2 aliphatic rings. The van der Waals surface area contributed by atoms with Crippen molar-refractivity contribution < 1.29 is 9.84 Å². The average Bonchev–Trinajstić information content (AvgIpc) is 2.32. The maximum Gasteiger partial charge on any atom is 0.138 e. The highest BCUT2D eigenvalue weighted by atomic mass is 16.5. The van der Waals surface area contributed by atoms with Gasteiger partial charge in [0.05, 0.1) is 11.8 Å². The molecule has 0 saturated heterocycles. The molecular formula is C15H22N2O2. The van der Waals surface area contributed by atoms with Gasteiger partial charge in [-0.3, -0.25) is 4.98 Å². The van der Waals surface area contributed by atoms with Crippen molar-refractivity contribution in [3.05, 3.63) is 24.0 Å². The molecule has 4 nitrogen and oxygen atoms in total. The molecule has 4 heteroatoms. The fraction of sp³-hybridized carbons (Fsp3) is 0.667. The van der Waals surface area contributed by atoms with Gasteiger partial charge >= 0.3 is 0 Å². The summed E-state index contributed by atoms with van der Waals surface area (Å²) in [5, 5.41) is 13.3. The van der Waals surface area contributed by atoms with Crippen LogP contribution in [0.1, 0.15) is 38.3 Å². The molecule has 1 aromatic heterocycles. The Labute approximate surface area is 114 Å². The monoisotopic (exact) mass is 262 g/mol. The molecule has 0 aromatic carbocycles. The van der Waals surface area contributed by atoms with Crippen LogP contribution in [0.5, 0.6) is 5.75 Å². The number of aromatic hydroxyl groups is 1. The van der Waals surface area contributed by atoms with E-state index in [2.05, 4.69) is 17.2 Å². The van der Waals surface area contributed by atoms with Gasteiger partial charge in [0, 0.05) is 30.8 Å². The highest BCUT2D eigenvalue weighted by Crippen LogP contribution is 2.57. The molecule has 2 saturated carbocycles. The van der Waals surface area contributed by atoms with Gasteiger partial charge < -0.3 is 15.2 Å². The Bertz CT molecular complexity index is 446. The Hall–Kier alpha value is -1.13. The fourth-order valence-electron chi connectivity index (χ4n) is 3.51. The van der Waals surface area contributed by atoms with Crippen LogP contribution < -0.4 is 5.32 Å². The van der Waals surface area contributed by atoms with Crippen LogP contribution in [0.25, 0.3) is 0 Å². The lowest BCUT2D eigenvalue weighted by atomic mass is 9.51. The topological polar surface area (TPSA) is 54.4 Å². The van der Waals surface area contributed by atoms with Crippen molar-refractivity contribution in [1.29, 1.82) is 0 Å². The standard InChI is InChI=1S/C15H22N2O2/c1-2-19-14-9-13(15(14)6-4-7-15)17-10-11-12(18)5-3-8-16-11/h3,5,8,13-14,17-18H,2,4,6-7,9-10H2,1H3/t13-,14+/m1/s1. The molecule has 2 fully saturated rings. The Balaban J connectivity index is 1.58. The minimum Gasteiger partial charge on any atom is -0.506 e. The molecule has 19 heavy (non-hydrogen) atoms. The summed E-state index contributed by atoms with van der Waals surface area (Å²) in [5.41, 5.74) is 1.09. The van der Waals surface area contributed by atoms with Crippen molar-refractivity contribution in [1.82, 2.24) is 10.3 Å². The summed E-state index contributed by atoms with van der Waals surface area (Å²) in [6.07, 6.45) is 7.09. The molecule has 1 spiro atoms. The molecular weight excluding hydrogens is 240 g/mol. The normalized spacial score (nSPS) is 27.8. The lowest BCUT2D eigenvalue weighted by Gasteiger charge is -2.61. The zero-order valence-electron chi connectivity index (χ0n) is 11.4. The molecule has 2 N–H and O–H groups in total. The van der Waals surface area contributed by atoms with Gasteiger partial charge in [0.15, 0.2) is 0 Å². The van der Waals surface area contributed by atoms with Crippen molar-refractivity contribution in [2.75, 3.05) is 6.61 Å². The Morgan fingerprint density at radius 1 is 1.53 bits per heavy atom. The Kier molecular flexibility index (Phi) is 3.46. The molecule has 0 radical (unpaired) electrons. The number of aromatic nitrogens is 1. The maximum atomic E-state index is 9.72. The largest absolute Gasteiger partial charge is 0.506 e. The third-order valence-corrected chi connectivity index (χ3v) is 4.82. The van der Waals surface area contributed by atoms with Crippen LogP contribution in [0.3, 0.4) is 0 Å². The van der Waals surface area contributed by atoms with Crippen LogP contribution >= 0.6 is 0 Å². The molecule has 2 atom stereocenters. The molecule has 1 heterocycles. The predicted molar refractivity (Wildman–Crippen MR) is 72.8 cm³/mol. The van der Waals surface area contributed by atoms with Crippen LogP contribution in [0.15, 0.2) is 18.3 Å². The van der Waals surface area contributed by atoms with Gasteiger partial charge in [-0.05, 0) is 38.3 Å². The minimum absolute atomic E-state index is 0.276. The summed E-state index contributed by atoms with van der Waals surface area (Å²) < 4.78 is 5.84. The van der Waals surface area contributed by atoms with E-state index in [1.165, 1.54) is 19.3 Å². The second kappa shape index (κ2) is 5.10. The van der Waals surface area contributed by atoms with E-state index in [-0.39, 0.29) is 5.75 Å². The molecule has 1 aromatic rings. The molecule has 2 aliphatic carbocycles. The van der Waals surface area contributed by atoms with Gasteiger partial charge in [-0.15, -0.1) is 0 Å². The SMILES string of the molecule is CCO[C@H]1C[C@@H](NCc2ncccc2O)C12CCC2. The zero-order chi connectivity index (χ0) is 13.3. The van der Waals surface area contributed by atoms with Gasteiger partial charge in [0.1, 0.15) is 5.75 Å². The number of ether oxygens (including phenoxy) is 1. The summed E-state index contributed by atoms with van der Waals surface area (Å²) in [6, 6.07) is 3.95. The van der Waals surface area contributed by atoms with Crippen LogP contribution in [-0.4, -0.2) is 28.8 Å². The summed E-state index contributed by atoms with van der Waals surface area (Å²) in [5.74, 6) is 0.276. The molecule has 0 unspecified atom stereocenters. The third-order valence-electron chi connectivity index (χ3n) is 4.82. The predicted octanol–water partition coefficient (Wildman–Crippen LogP) is 2.22. The third kappa shape index (κ3) is 2.13. The van der Waals surface area contributed by atoms with E-state index in [9.17, 15) is 5.11 Å². The summed E-state index contributed by atoms with van der Waals surface area (Å²) >= 11 is 0. The number of nitrogens with one attached hydrogen (secondary N) is 1. The number of pyridine rings is 1. The van der Waals surface area contributed by atoms with Crippen LogP contribution in [-0.2, 0) is 11.3 Å². The first-order chi connectivity index (χ1) is 9.26. The lowest BCUT2D eigenvalue weighted by Crippen LogP contribution is -2.66. The first kappa shape index (κ1) is 12.9. The Morgan fingerprint density at radius 2 is 2.37 bits per heavy atom. The first-order valence-electron chi connectivity index (χ1n) is 7.24. The number of nitrogens with zero attached hydrogens (tertiary/aromatic N) is 1. The van der Waals surface area contributed by atoms with Crippen molar-refractivity contribution in [3.63, 3.8) is 0 Å². The number of hydrogen-bond acceptors (Lipinski definition) is 4. The fourth-order valence-corrected chi connectivity index (χ4v) is 3.51. The van der Waals surface area contributed by atoms with Gasteiger partial charge in [-0.2, -0.15) is 0 Å². The second-order valence-electron chi connectivity index (χ2n) is 5.67. The smallest absolute Gasteiger partial charge is 0.138 e.